The smallest absolute Gasteiger partial charge is 0.319 e. The van der Waals surface area contributed by atoms with Crippen LogP contribution in [0, 0.1) is 5.82 Å². The lowest BCUT2D eigenvalue weighted by Gasteiger charge is -2.44. The number of fused-ring (bicyclic) bond motifs is 2. The SMILES string of the molecule is CC1CN2CCCC2CN1C(=O)N1Cc2c(NC(=O)c3c(F)cccc3Cl)n[nH]c2C1C. The summed E-state index contributed by atoms with van der Waals surface area (Å²) in [7, 11) is 0. The van der Waals surface area contributed by atoms with Gasteiger partial charge in [-0.1, -0.05) is 17.7 Å². The lowest BCUT2D eigenvalue weighted by molar-refractivity contribution is 0.0580. The average molecular weight is 461 g/mol. The zero-order chi connectivity index (χ0) is 22.6. The van der Waals surface area contributed by atoms with Gasteiger partial charge in [0.25, 0.3) is 5.91 Å². The number of carbonyl (C=O) groups is 2. The maximum absolute atomic E-state index is 14.1. The number of benzene rings is 1. The molecule has 0 spiro atoms. The third-order valence-electron chi connectivity index (χ3n) is 6.96. The van der Waals surface area contributed by atoms with Crippen LogP contribution in [0.15, 0.2) is 18.2 Å². The molecule has 0 aliphatic carbocycles. The van der Waals surface area contributed by atoms with Gasteiger partial charge in [-0.15, -0.1) is 0 Å². The highest BCUT2D eigenvalue weighted by Crippen LogP contribution is 2.37. The Bertz CT molecular complexity index is 1050. The average Bonchev–Trinajstić information content (AvgIpc) is 3.44. The minimum Gasteiger partial charge on any atom is -0.319 e. The highest BCUT2D eigenvalue weighted by Gasteiger charge is 2.42. The van der Waals surface area contributed by atoms with Crippen LogP contribution in [0.3, 0.4) is 0 Å². The van der Waals surface area contributed by atoms with Crippen molar-refractivity contribution in [2.75, 3.05) is 25.0 Å². The topological polar surface area (TPSA) is 84.6 Å². The Hall–Kier alpha value is -2.65. The van der Waals surface area contributed by atoms with E-state index < -0.39 is 11.7 Å². The van der Waals surface area contributed by atoms with Crippen LogP contribution in [0.1, 0.15) is 54.3 Å². The van der Waals surface area contributed by atoms with Crippen LogP contribution in [-0.2, 0) is 6.54 Å². The van der Waals surface area contributed by atoms with Crippen molar-refractivity contribution in [1.29, 1.82) is 0 Å². The number of hydrogen-bond acceptors (Lipinski definition) is 4. The van der Waals surface area contributed by atoms with E-state index in [1.54, 1.807) is 4.90 Å². The molecule has 2 N–H and O–H groups in total. The number of aromatic nitrogens is 2. The largest absolute Gasteiger partial charge is 0.321 e. The Kier molecular flexibility index (Phi) is 5.33. The predicted octanol–water partition coefficient (Wildman–Crippen LogP) is 3.62. The zero-order valence-corrected chi connectivity index (χ0v) is 18.8. The minimum absolute atomic E-state index is 0.00410. The maximum atomic E-state index is 14.1. The second-order valence-corrected chi connectivity index (χ2v) is 9.30. The second-order valence-electron chi connectivity index (χ2n) is 8.89. The van der Waals surface area contributed by atoms with E-state index in [9.17, 15) is 14.0 Å². The Morgan fingerprint density at radius 2 is 2.06 bits per heavy atom. The maximum Gasteiger partial charge on any atom is 0.321 e. The fraction of sp³-hybridized carbons (Fsp3) is 0.500. The van der Waals surface area contributed by atoms with Crippen molar-refractivity contribution >= 4 is 29.4 Å². The second kappa shape index (κ2) is 8.04. The Morgan fingerprint density at radius 3 is 2.84 bits per heavy atom. The summed E-state index contributed by atoms with van der Waals surface area (Å²) in [5, 5.41) is 9.83. The van der Waals surface area contributed by atoms with Gasteiger partial charge in [-0.3, -0.25) is 14.8 Å². The first-order chi connectivity index (χ1) is 15.3. The van der Waals surface area contributed by atoms with Crippen LogP contribution < -0.4 is 5.32 Å². The summed E-state index contributed by atoms with van der Waals surface area (Å²) in [6, 6.07) is 4.46. The molecule has 3 aliphatic heterocycles. The molecule has 3 amide bonds. The highest BCUT2D eigenvalue weighted by molar-refractivity contribution is 6.34. The van der Waals surface area contributed by atoms with Gasteiger partial charge in [0.15, 0.2) is 5.82 Å². The molecule has 0 bridgehead atoms. The van der Waals surface area contributed by atoms with Crippen LogP contribution >= 0.6 is 11.6 Å². The standard InChI is InChI=1S/C22H26ClFN6O2/c1-12-9-28-8-4-5-14(28)10-29(12)22(32)30-11-15-19(13(30)2)26-27-20(15)25-21(31)18-16(23)6-3-7-17(18)24/h3,6-7,12-14H,4-5,8-11H2,1-2H3,(H2,25,26,27,31). The molecule has 3 atom stereocenters. The quantitative estimate of drug-likeness (QED) is 0.716. The van der Waals surface area contributed by atoms with Gasteiger partial charge < -0.3 is 15.1 Å². The van der Waals surface area contributed by atoms with E-state index in [-0.39, 0.29) is 28.7 Å². The van der Waals surface area contributed by atoms with Gasteiger partial charge in [0.05, 0.1) is 28.9 Å². The molecule has 1 aromatic heterocycles. The third-order valence-corrected chi connectivity index (χ3v) is 7.28. The molecule has 170 valence electrons. The molecule has 10 heteroatoms. The van der Waals surface area contributed by atoms with Crippen molar-refractivity contribution < 1.29 is 14.0 Å². The van der Waals surface area contributed by atoms with Crippen molar-refractivity contribution in [2.24, 2.45) is 0 Å². The molecular formula is C22H26ClFN6O2. The Morgan fingerprint density at radius 1 is 1.25 bits per heavy atom. The lowest BCUT2D eigenvalue weighted by Crippen LogP contribution is -2.59. The van der Waals surface area contributed by atoms with E-state index in [0.29, 0.717) is 18.4 Å². The van der Waals surface area contributed by atoms with Crippen LogP contribution in [0.4, 0.5) is 15.0 Å². The van der Waals surface area contributed by atoms with Crippen molar-refractivity contribution in [1.82, 2.24) is 24.9 Å². The fourth-order valence-corrected chi connectivity index (χ4v) is 5.44. The van der Waals surface area contributed by atoms with E-state index in [2.05, 4.69) is 27.3 Å². The van der Waals surface area contributed by atoms with Gasteiger partial charge in [0.2, 0.25) is 0 Å². The van der Waals surface area contributed by atoms with E-state index >= 15 is 0 Å². The van der Waals surface area contributed by atoms with E-state index in [0.717, 1.165) is 37.3 Å². The molecule has 0 radical (unpaired) electrons. The number of carbonyl (C=O) groups excluding carboxylic acids is 2. The molecule has 5 rings (SSSR count). The number of urea groups is 1. The summed E-state index contributed by atoms with van der Waals surface area (Å²) in [6.45, 7) is 7.11. The highest BCUT2D eigenvalue weighted by atomic mass is 35.5. The number of anilines is 1. The van der Waals surface area contributed by atoms with Gasteiger partial charge >= 0.3 is 6.03 Å². The van der Waals surface area contributed by atoms with Crippen LogP contribution in [0.5, 0.6) is 0 Å². The van der Waals surface area contributed by atoms with Gasteiger partial charge in [-0.25, -0.2) is 9.18 Å². The lowest BCUT2D eigenvalue weighted by atomic mass is 10.1. The van der Waals surface area contributed by atoms with Gasteiger partial charge in [-0.2, -0.15) is 5.10 Å². The molecule has 4 heterocycles. The summed E-state index contributed by atoms with van der Waals surface area (Å²) in [5.41, 5.74) is 1.28. The Labute approximate surface area is 190 Å². The number of nitrogens with zero attached hydrogens (tertiary/aromatic N) is 4. The van der Waals surface area contributed by atoms with E-state index in [4.69, 9.17) is 11.6 Å². The number of H-pyrrole nitrogens is 1. The number of nitrogens with one attached hydrogen (secondary N) is 2. The summed E-state index contributed by atoms with van der Waals surface area (Å²) < 4.78 is 14.1. The number of piperazine rings is 1. The van der Waals surface area contributed by atoms with Crippen molar-refractivity contribution in [3.8, 4) is 0 Å². The van der Waals surface area contributed by atoms with Gasteiger partial charge in [-0.05, 0) is 45.4 Å². The molecule has 2 aromatic rings. The number of hydrogen-bond donors (Lipinski definition) is 2. The van der Waals surface area contributed by atoms with E-state index in [1.165, 1.54) is 24.6 Å². The van der Waals surface area contributed by atoms with Crippen LogP contribution in [0.2, 0.25) is 5.02 Å². The summed E-state index contributed by atoms with van der Waals surface area (Å²) >= 11 is 6.02. The first kappa shape index (κ1) is 21.2. The molecule has 32 heavy (non-hydrogen) atoms. The molecule has 3 unspecified atom stereocenters. The molecular weight excluding hydrogens is 435 g/mol. The number of aromatic amines is 1. The van der Waals surface area contributed by atoms with Crippen LogP contribution in [0.25, 0.3) is 0 Å². The zero-order valence-electron chi connectivity index (χ0n) is 18.1. The first-order valence-corrected chi connectivity index (χ1v) is 11.4. The number of rotatable bonds is 2. The van der Waals surface area contributed by atoms with Crippen molar-refractivity contribution in [3.05, 3.63) is 45.9 Å². The predicted molar refractivity (Wildman–Crippen MR) is 118 cm³/mol. The summed E-state index contributed by atoms with van der Waals surface area (Å²) in [5.74, 6) is -1.08. The number of halogens is 2. The monoisotopic (exact) mass is 460 g/mol. The fourth-order valence-electron chi connectivity index (χ4n) is 5.19. The molecule has 3 aliphatic rings. The van der Waals surface area contributed by atoms with Gasteiger partial charge in [0.1, 0.15) is 5.82 Å². The third kappa shape index (κ3) is 3.44. The molecule has 2 fully saturated rings. The molecule has 2 saturated heterocycles. The first-order valence-electron chi connectivity index (χ1n) is 11.0. The minimum atomic E-state index is -0.701. The van der Waals surface area contributed by atoms with E-state index in [1.807, 2.05) is 11.8 Å². The molecule has 0 saturated carbocycles. The van der Waals surface area contributed by atoms with Crippen molar-refractivity contribution in [3.63, 3.8) is 0 Å². The molecule has 1 aromatic carbocycles. The Balaban J connectivity index is 1.33. The number of amides is 3. The van der Waals surface area contributed by atoms with Crippen molar-refractivity contribution in [2.45, 2.75) is 51.4 Å². The van der Waals surface area contributed by atoms with Gasteiger partial charge in [0, 0.05) is 30.7 Å². The van der Waals surface area contributed by atoms with Crippen LogP contribution in [-0.4, -0.2) is 68.6 Å². The summed E-state index contributed by atoms with van der Waals surface area (Å²) in [6.07, 6.45) is 2.31. The summed E-state index contributed by atoms with van der Waals surface area (Å²) in [4.78, 5) is 32.4. The normalized spacial score (nSPS) is 25.1. The molecule has 8 nitrogen and oxygen atoms in total.